The van der Waals surface area contributed by atoms with Gasteiger partial charge in [-0.2, -0.15) is 19.2 Å². The molecule has 35 heavy (non-hydrogen) atoms. The predicted octanol–water partition coefficient (Wildman–Crippen LogP) is 6.38. The van der Waals surface area contributed by atoms with Crippen molar-refractivity contribution < 1.29 is 19.2 Å². The highest BCUT2D eigenvalue weighted by atomic mass is 79.9. The molecule has 0 aromatic heterocycles. The number of benzene rings is 3. The number of allylic oxidation sites excluding steroid dienone is 1. The summed E-state index contributed by atoms with van der Waals surface area (Å²) in [5.74, 6) is 0. The van der Waals surface area contributed by atoms with Crippen molar-refractivity contribution in [3.05, 3.63) is 106 Å². The lowest BCUT2D eigenvalue weighted by Crippen LogP contribution is -2.47. The summed E-state index contributed by atoms with van der Waals surface area (Å²) in [6.45, 7) is 5.50. The second-order valence-electron chi connectivity index (χ2n) is 7.52. The molecular formula is C28H27BrN2O4. The van der Waals surface area contributed by atoms with Crippen molar-refractivity contribution in [1.29, 1.82) is 0 Å². The molecule has 3 aromatic rings. The first-order chi connectivity index (χ1) is 17.1. The first kappa shape index (κ1) is 27.5. The first-order valence-electron chi connectivity index (χ1n) is 11.2. The molecule has 0 N–H and O–H groups in total. The number of rotatable bonds is 5. The lowest BCUT2D eigenvalue weighted by atomic mass is 9.97. The quantitative estimate of drug-likeness (QED) is 0.378. The zero-order chi connectivity index (χ0) is 25.6. The Labute approximate surface area is 214 Å². The highest BCUT2D eigenvalue weighted by Crippen LogP contribution is 2.42. The molecule has 6 nitrogen and oxygen atoms in total. The highest BCUT2D eigenvalue weighted by molar-refractivity contribution is 9.10. The summed E-state index contributed by atoms with van der Waals surface area (Å²) in [6.07, 6.45) is 2.69. The summed E-state index contributed by atoms with van der Waals surface area (Å²) in [5, 5.41) is 0. The Hall–Kier alpha value is -3.76. The van der Waals surface area contributed by atoms with E-state index in [1.807, 2.05) is 0 Å². The molecule has 0 fully saturated rings. The third-order valence-corrected chi connectivity index (χ3v) is 6.18. The molecule has 0 spiro atoms. The van der Waals surface area contributed by atoms with Crippen LogP contribution in [0.25, 0.3) is 0 Å². The highest BCUT2D eigenvalue weighted by Gasteiger charge is 2.35. The van der Waals surface area contributed by atoms with Crippen LogP contribution in [-0.2, 0) is 19.2 Å². The summed E-state index contributed by atoms with van der Waals surface area (Å²) >= 11 is 3.60. The number of carbonyl (C=O) groups excluding carboxylic acids is 4. The van der Waals surface area contributed by atoms with Gasteiger partial charge in [-0.25, -0.2) is 0 Å². The standard InChI is InChI=1S/C26H27BrN2.2CO2/c1-3-20-19-28(23-11-7-5-8-12-23)26(21-15-17-22(27)18-16-21)29(25(20)4-2)24-13-9-6-10-14-24;2*2-1-3/h5-18,26H,3-4,19H2,1-2H3;;. The molecule has 7 heteroatoms. The third-order valence-electron chi connectivity index (χ3n) is 5.65. The summed E-state index contributed by atoms with van der Waals surface area (Å²) in [6, 6.07) is 30.4. The Bertz CT molecular complexity index is 1140. The minimum absolute atomic E-state index is 0.109. The normalized spacial score (nSPS) is 14.5. The molecule has 1 atom stereocenters. The fourth-order valence-corrected chi connectivity index (χ4v) is 4.54. The fourth-order valence-electron chi connectivity index (χ4n) is 4.28. The molecule has 0 radical (unpaired) electrons. The molecule has 0 amide bonds. The van der Waals surface area contributed by atoms with E-state index in [2.05, 4.69) is 125 Å². The Morgan fingerprint density at radius 3 is 1.69 bits per heavy atom. The topological polar surface area (TPSA) is 74.8 Å². The summed E-state index contributed by atoms with van der Waals surface area (Å²) in [4.78, 5) is 37.6. The van der Waals surface area contributed by atoms with Gasteiger partial charge >= 0.3 is 12.3 Å². The van der Waals surface area contributed by atoms with Gasteiger partial charge in [-0.1, -0.05) is 78.3 Å². The average Bonchev–Trinajstić information content (AvgIpc) is 2.90. The maximum atomic E-state index is 8.12. The van der Waals surface area contributed by atoms with Crippen LogP contribution in [0.15, 0.2) is 101 Å². The van der Waals surface area contributed by atoms with E-state index in [4.69, 9.17) is 19.2 Å². The van der Waals surface area contributed by atoms with Gasteiger partial charge in [-0.3, -0.25) is 0 Å². The monoisotopic (exact) mass is 534 g/mol. The number of halogens is 1. The van der Waals surface area contributed by atoms with Crippen LogP contribution in [-0.4, -0.2) is 18.8 Å². The first-order valence-corrected chi connectivity index (χ1v) is 12.0. The summed E-state index contributed by atoms with van der Waals surface area (Å²) in [5.41, 5.74) is 6.74. The third kappa shape index (κ3) is 7.11. The SMILES string of the molecule is CCC1=C(CC)N(c2ccccc2)C(c2ccc(Br)cc2)N(c2ccccc2)C1.O=C=O.O=C=O. The van der Waals surface area contributed by atoms with E-state index in [9.17, 15) is 0 Å². The van der Waals surface area contributed by atoms with E-state index >= 15 is 0 Å². The molecule has 3 aromatic carbocycles. The number of para-hydroxylation sites is 2. The van der Waals surface area contributed by atoms with Gasteiger partial charge in [0.25, 0.3) is 0 Å². The zero-order valence-corrected chi connectivity index (χ0v) is 21.3. The molecule has 0 saturated heterocycles. The lowest BCUT2D eigenvalue weighted by molar-refractivity contribution is -0.193. The van der Waals surface area contributed by atoms with E-state index in [0.29, 0.717) is 0 Å². The van der Waals surface area contributed by atoms with Crippen LogP contribution < -0.4 is 9.80 Å². The van der Waals surface area contributed by atoms with E-state index in [1.165, 1.54) is 28.2 Å². The molecule has 1 aliphatic rings. The minimum atomic E-state index is 0.109. The molecule has 0 saturated carbocycles. The molecule has 180 valence electrons. The van der Waals surface area contributed by atoms with Crippen molar-refractivity contribution in [3.8, 4) is 0 Å². The molecule has 1 heterocycles. The smallest absolute Gasteiger partial charge is 0.343 e. The molecule has 4 rings (SSSR count). The van der Waals surface area contributed by atoms with Crippen molar-refractivity contribution in [1.82, 2.24) is 0 Å². The van der Waals surface area contributed by atoms with Gasteiger partial charge in [-0.15, -0.1) is 0 Å². The van der Waals surface area contributed by atoms with Gasteiger partial charge in [0.2, 0.25) is 0 Å². The maximum Gasteiger partial charge on any atom is 0.373 e. The van der Waals surface area contributed by atoms with Gasteiger partial charge < -0.3 is 9.80 Å². The number of hydrogen-bond donors (Lipinski definition) is 0. The van der Waals surface area contributed by atoms with Gasteiger partial charge in [0.05, 0.1) is 0 Å². The van der Waals surface area contributed by atoms with Crippen molar-refractivity contribution in [2.45, 2.75) is 32.9 Å². The second kappa shape index (κ2) is 14.5. The Kier molecular flexibility index (Phi) is 11.4. The van der Waals surface area contributed by atoms with Gasteiger partial charge in [0.1, 0.15) is 6.17 Å². The van der Waals surface area contributed by atoms with Crippen molar-refractivity contribution in [3.63, 3.8) is 0 Å². The van der Waals surface area contributed by atoms with E-state index in [1.54, 1.807) is 0 Å². The molecule has 0 bridgehead atoms. The van der Waals surface area contributed by atoms with E-state index in [0.717, 1.165) is 23.9 Å². The Morgan fingerprint density at radius 1 is 0.743 bits per heavy atom. The van der Waals surface area contributed by atoms with Gasteiger partial charge in [0, 0.05) is 28.1 Å². The van der Waals surface area contributed by atoms with Gasteiger partial charge in [0.15, 0.2) is 0 Å². The van der Waals surface area contributed by atoms with Crippen molar-refractivity contribution >= 4 is 39.6 Å². The van der Waals surface area contributed by atoms with Gasteiger partial charge in [-0.05, 0) is 60.4 Å². The molecular weight excluding hydrogens is 508 g/mol. The number of nitrogens with zero attached hydrogens (tertiary/aromatic N) is 2. The number of hydrogen-bond acceptors (Lipinski definition) is 6. The maximum absolute atomic E-state index is 8.12. The summed E-state index contributed by atoms with van der Waals surface area (Å²) in [7, 11) is 0. The second-order valence-corrected chi connectivity index (χ2v) is 8.43. The van der Waals surface area contributed by atoms with Crippen LogP contribution >= 0.6 is 15.9 Å². The van der Waals surface area contributed by atoms with Crippen LogP contribution in [0.4, 0.5) is 11.4 Å². The Morgan fingerprint density at radius 2 is 1.23 bits per heavy atom. The van der Waals surface area contributed by atoms with Crippen molar-refractivity contribution in [2.24, 2.45) is 0 Å². The molecule has 0 aliphatic carbocycles. The lowest BCUT2D eigenvalue weighted by Gasteiger charge is -2.48. The van der Waals surface area contributed by atoms with Crippen LogP contribution in [0.5, 0.6) is 0 Å². The Balaban J connectivity index is 0.000000655. The zero-order valence-electron chi connectivity index (χ0n) is 19.7. The van der Waals surface area contributed by atoms with Crippen LogP contribution in [0, 0.1) is 0 Å². The van der Waals surface area contributed by atoms with Crippen molar-refractivity contribution in [2.75, 3.05) is 16.3 Å². The number of anilines is 2. The van der Waals surface area contributed by atoms with E-state index < -0.39 is 0 Å². The molecule has 1 aliphatic heterocycles. The van der Waals surface area contributed by atoms with Crippen LogP contribution in [0.2, 0.25) is 0 Å². The van der Waals surface area contributed by atoms with Crippen LogP contribution in [0.1, 0.15) is 38.4 Å². The minimum Gasteiger partial charge on any atom is -0.343 e. The fraction of sp³-hybridized carbons (Fsp3) is 0.214. The average molecular weight is 535 g/mol. The predicted molar refractivity (Wildman–Crippen MR) is 137 cm³/mol. The van der Waals surface area contributed by atoms with Crippen LogP contribution in [0.3, 0.4) is 0 Å². The largest absolute Gasteiger partial charge is 0.373 e. The molecule has 1 unspecified atom stereocenters. The van der Waals surface area contributed by atoms with E-state index in [-0.39, 0.29) is 18.5 Å². The summed E-state index contributed by atoms with van der Waals surface area (Å²) < 4.78 is 1.11.